The molecule has 0 aromatic rings. The largest absolute Gasteiger partial charge is 0.396 e. The van der Waals surface area contributed by atoms with E-state index < -0.39 is 0 Å². The van der Waals surface area contributed by atoms with Gasteiger partial charge in [-0.1, -0.05) is 116 Å². The van der Waals surface area contributed by atoms with Crippen molar-refractivity contribution in [1.82, 2.24) is 0 Å². The molecule has 0 aromatic carbocycles. The molecule has 1 N–H and O–H groups in total. The van der Waals surface area contributed by atoms with Crippen molar-refractivity contribution in [3.05, 3.63) is 0 Å². The summed E-state index contributed by atoms with van der Waals surface area (Å²) in [5, 5.41) is 8.73. The van der Waals surface area contributed by atoms with Crippen molar-refractivity contribution in [2.75, 3.05) is 6.61 Å². The second-order valence-corrected chi connectivity index (χ2v) is 8.48. The molecule has 0 amide bonds. The zero-order chi connectivity index (χ0) is 19.8. The second kappa shape index (κ2) is 23.7. The average Bonchev–Trinajstić information content (AvgIpc) is 2.67. The number of ketones is 1. The Bertz CT molecular complexity index is 288. The molecule has 0 radical (unpaired) electrons. The van der Waals surface area contributed by atoms with E-state index in [2.05, 4.69) is 6.92 Å². The molecule has 27 heavy (non-hydrogen) atoms. The van der Waals surface area contributed by atoms with Gasteiger partial charge < -0.3 is 5.11 Å². The first-order valence-corrected chi connectivity index (χ1v) is 12.4. The van der Waals surface area contributed by atoms with Crippen molar-refractivity contribution >= 4 is 5.78 Å². The quantitative estimate of drug-likeness (QED) is 0.181. The van der Waals surface area contributed by atoms with Crippen molar-refractivity contribution in [2.45, 2.75) is 148 Å². The predicted molar refractivity (Wildman–Crippen MR) is 119 cm³/mol. The third-order valence-electron chi connectivity index (χ3n) is 5.67. The molecule has 2 nitrogen and oxygen atoms in total. The molecule has 0 spiro atoms. The van der Waals surface area contributed by atoms with E-state index >= 15 is 0 Å². The maximum atomic E-state index is 11.9. The van der Waals surface area contributed by atoms with Crippen molar-refractivity contribution < 1.29 is 9.90 Å². The van der Waals surface area contributed by atoms with Crippen molar-refractivity contribution in [1.29, 1.82) is 0 Å². The number of rotatable bonds is 23. The van der Waals surface area contributed by atoms with E-state index in [0.717, 1.165) is 32.1 Å². The summed E-state index contributed by atoms with van der Waals surface area (Å²) in [5.41, 5.74) is 0. The number of aliphatic hydroxyl groups excluding tert-OH is 1. The molecular weight excluding hydrogens is 332 g/mol. The van der Waals surface area contributed by atoms with Crippen LogP contribution in [-0.2, 0) is 4.79 Å². The van der Waals surface area contributed by atoms with E-state index in [0.29, 0.717) is 12.4 Å². The minimum Gasteiger partial charge on any atom is -0.396 e. The van der Waals surface area contributed by atoms with Gasteiger partial charge in [-0.15, -0.1) is 0 Å². The van der Waals surface area contributed by atoms with E-state index in [4.69, 9.17) is 5.11 Å². The number of carbonyl (C=O) groups excluding carboxylic acids is 1. The highest BCUT2D eigenvalue weighted by atomic mass is 16.2. The molecule has 0 saturated heterocycles. The Kier molecular flexibility index (Phi) is 23.3. The fraction of sp³-hybridized carbons (Fsp3) is 0.960. The Balaban J connectivity index is 3.13. The standard InChI is InChI=1S/C25H50O2/c1-2-3-4-5-6-7-10-13-16-19-22-25(27)23-20-17-14-11-8-9-12-15-18-21-24-26/h26H,2-24H2,1H3. The molecule has 0 rings (SSSR count). The molecule has 0 saturated carbocycles. The zero-order valence-electron chi connectivity index (χ0n) is 18.6. The fourth-order valence-electron chi connectivity index (χ4n) is 3.78. The summed E-state index contributed by atoms with van der Waals surface area (Å²) in [6, 6.07) is 0. The Labute approximate surface area is 170 Å². The molecule has 0 unspecified atom stereocenters. The summed E-state index contributed by atoms with van der Waals surface area (Å²) in [6.07, 6.45) is 27.4. The number of carbonyl (C=O) groups is 1. The van der Waals surface area contributed by atoms with Gasteiger partial charge in [-0.25, -0.2) is 0 Å². The molecule has 2 heteroatoms. The number of hydrogen-bond donors (Lipinski definition) is 1. The average molecular weight is 383 g/mol. The summed E-state index contributed by atoms with van der Waals surface area (Å²) < 4.78 is 0. The molecule has 0 aliphatic heterocycles. The van der Waals surface area contributed by atoms with Gasteiger partial charge in [0.15, 0.2) is 0 Å². The van der Waals surface area contributed by atoms with E-state index in [1.54, 1.807) is 0 Å². The third-order valence-corrected chi connectivity index (χ3v) is 5.67. The number of hydrogen-bond acceptors (Lipinski definition) is 2. The van der Waals surface area contributed by atoms with Crippen LogP contribution in [0.2, 0.25) is 0 Å². The maximum Gasteiger partial charge on any atom is 0.132 e. The fourth-order valence-corrected chi connectivity index (χ4v) is 3.78. The Morgan fingerprint density at radius 2 is 0.778 bits per heavy atom. The molecular formula is C25H50O2. The van der Waals surface area contributed by atoms with Gasteiger partial charge >= 0.3 is 0 Å². The van der Waals surface area contributed by atoms with E-state index in [1.807, 2.05) is 0 Å². The van der Waals surface area contributed by atoms with Crippen LogP contribution < -0.4 is 0 Å². The highest BCUT2D eigenvalue weighted by Crippen LogP contribution is 2.14. The van der Waals surface area contributed by atoms with Gasteiger partial charge in [-0.3, -0.25) is 4.79 Å². The van der Waals surface area contributed by atoms with Crippen LogP contribution in [0, 0.1) is 0 Å². The first kappa shape index (κ1) is 26.6. The summed E-state index contributed by atoms with van der Waals surface area (Å²) in [5.74, 6) is 0.499. The lowest BCUT2D eigenvalue weighted by Gasteiger charge is -2.04. The number of Topliss-reactive ketones (excluding diaryl/α,β-unsaturated/α-hetero) is 1. The minimum atomic E-state index is 0.345. The Morgan fingerprint density at radius 3 is 1.11 bits per heavy atom. The Morgan fingerprint density at radius 1 is 0.481 bits per heavy atom. The van der Waals surface area contributed by atoms with Gasteiger partial charge in [-0.05, 0) is 19.3 Å². The second-order valence-electron chi connectivity index (χ2n) is 8.48. The molecule has 0 heterocycles. The van der Waals surface area contributed by atoms with Crippen LogP contribution in [0.25, 0.3) is 0 Å². The van der Waals surface area contributed by atoms with Crippen LogP contribution in [0.15, 0.2) is 0 Å². The van der Waals surface area contributed by atoms with Gasteiger partial charge in [0.2, 0.25) is 0 Å². The lowest BCUT2D eigenvalue weighted by Crippen LogP contribution is -1.97. The summed E-state index contributed by atoms with van der Waals surface area (Å²) in [4.78, 5) is 11.9. The van der Waals surface area contributed by atoms with Crippen LogP contribution in [0.4, 0.5) is 0 Å². The summed E-state index contributed by atoms with van der Waals surface area (Å²) in [7, 11) is 0. The number of aliphatic hydroxyl groups is 1. The normalized spacial score (nSPS) is 11.2. The van der Waals surface area contributed by atoms with E-state index in [1.165, 1.54) is 109 Å². The van der Waals surface area contributed by atoms with Crippen molar-refractivity contribution in [3.63, 3.8) is 0 Å². The summed E-state index contributed by atoms with van der Waals surface area (Å²) in [6.45, 7) is 2.62. The van der Waals surface area contributed by atoms with Crippen LogP contribution in [0.5, 0.6) is 0 Å². The van der Waals surface area contributed by atoms with E-state index in [-0.39, 0.29) is 0 Å². The van der Waals surface area contributed by atoms with Crippen LogP contribution in [-0.4, -0.2) is 17.5 Å². The molecule has 0 aliphatic carbocycles. The molecule has 0 bridgehead atoms. The monoisotopic (exact) mass is 382 g/mol. The molecule has 0 aromatic heterocycles. The molecule has 0 aliphatic rings. The van der Waals surface area contributed by atoms with Crippen LogP contribution in [0.1, 0.15) is 148 Å². The highest BCUT2D eigenvalue weighted by Gasteiger charge is 2.02. The van der Waals surface area contributed by atoms with Crippen molar-refractivity contribution in [3.8, 4) is 0 Å². The SMILES string of the molecule is CCCCCCCCCCCCC(=O)CCCCCCCCCCCCO. The minimum absolute atomic E-state index is 0.345. The summed E-state index contributed by atoms with van der Waals surface area (Å²) >= 11 is 0. The first-order chi connectivity index (χ1) is 13.3. The van der Waals surface area contributed by atoms with Gasteiger partial charge in [-0.2, -0.15) is 0 Å². The van der Waals surface area contributed by atoms with Gasteiger partial charge in [0.1, 0.15) is 5.78 Å². The highest BCUT2D eigenvalue weighted by molar-refractivity contribution is 5.78. The molecule has 162 valence electrons. The lowest BCUT2D eigenvalue weighted by atomic mass is 10.0. The van der Waals surface area contributed by atoms with Gasteiger partial charge in [0.05, 0.1) is 0 Å². The third kappa shape index (κ3) is 23.6. The first-order valence-electron chi connectivity index (χ1n) is 12.4. The van der Waals surface area contributed by atoms with E-state index in [9.17, 15) is 4.79 Å². The molecule has 0 atom stereocenters. The smallest absolute Gasteiger partial charge is 0.132 e. The predicted octanol–water partition coefficient (Wildman–Crippen LogP) is 8.15. The topological polar surface area (TPSA) is 37.3 Å². The van der Waals surface area contributed by atoms with Crippen LogP contribution >= 0.6 is 0 Å². The van der Waals surface area contributed by atoms with Gasteiger partial charge in [0, 0.05) is 19.4 Å². The number of unbranched alkanes of at least 4 members (excludes halogenated alkanes) is 18. The van der Waals surface area contributed by atoms with Gasteiger partial charge in [0.25, 0.3) is 0 Å². The lowest BCUT2D eigenvalue weighted by molar-refractivity contribution is -0.119. The van der Waals surface area contributed by atoms with Crippen LogP contribution in [0.3, 0.4) is 0 Å². The zero-order valence-corrected chi connectivity index (χ0v) is 18.6. The molecule has 0 fully saturated rings. The Hall–Kier alpha value is -0.370. The van der Waals surface area contributed by atoms with Crippen molar-refractivity contribution in [2.24, 2.45) is 0 Å². The maximum absolute atomic E-state index is 11.9.